The van der Waals surface area contributed by atoms with E-state index in [1.807, 2.05) is 12.1 Å². The second-order valence-electron chi connectivity index (χ2n) is 5.34. The number of thiazole rings is 1. The molecule has 2 N–H and O–H groups in total. The van der Waals surface area contributed by atoms with Crippen LogP contribution in [0.1, 0.15) is 43.5 Å². The van der Waals surface area contributed by atoms with Crippen molar-refractivity contribution in [3.8, 4) is 11.3 Å². The Balaban J connectivity index is 1.88. The molecule has 2 heterocycles. The highest BCUT2D eigenvalue weighted by Gasteiger charge is 2.31. The first-order valence-corrected chi connectivity index (χ1v) is 7.81. The summed E-state index contributed by atoms with van der Waals surface area (Å²) in [6.45, 7) is 0. The summed E-state index contributed by atoms with van der Waals surface area (Å²) in [5.41, 5.74) is 8.55. The molecule has 0 radical (unpaired) electrons. The van der Waals surface area contributed by atoms with E-state index in [9.17, 15) is 0 Å². The molecule has 0 spiro atoms. The van der Waals surface area contributed by atoms with Crippen LogP contribution in [0.25, 0.3) is 11.3 Å². The SMILES string of the molecule is NC1(c2nc(-c3ccncc3)cs2)CCCCCC1. The second-order valence-corrected chi connectivity index (χ2v) is 6.20. The van der Waals surface area contributed by atoms with Gasteiger partial charge in [0, 0.05) is 23.3 Å². The molecular weight excluding hydrogens is 254 g/mol. The lowest BCUT2D eigenvalue weighted by atomic mass is 9.92. The molecule has 1 aliphatic carbocycles. The van der Waals surface area contributed by atoms with Crippen LogP contribution in [0.3, 0.4) is 0 Å². The Morgan fingerprint density at radius 3 is 2.42 bits per heavy atom. The van der Waals surface area contributed by atoms with Crippen LogP contribution < -0.4 is 5.73 Å². The van der Waals surface area contributed by atoms with Crippen molar-refractivity contribution in [3.05, 3.63) is 34.9 Å². The molecule has 4 heteroatoms. The monoisotopic (exact) mass is 273 g/mol. The van der Waals surface area contributed by atoms with Gasteiger partial charge >= 0.3 is 0 Å². The highest BCUT2D eigenvalue weighted by molar-refractivity contribution is 7.10. The van der Waals surface area contributed by atoms with Gasteiger partial charge in [-0.2, -0.15) is 0 Å². The average molecular weight is 273 g/mol. The first-order chi connectivity index (χ1) is 9.28. The van der Waals surface area contributed by atoms with Gasteiger partial charge in [0.15, 0.2) is 0 Å². The first-order valence-electron chi connectivity index (χ1n) is 6.93. The molecule has 0 saturated heterocycles. The summed E-state index contributed by atoms with van der Waals surface area (Å²) >= 11 is 1.70. The van der Waals surface area contributed by atoms with Gasteiger partial charge in [-0.15, -0.1) is 11.3 Å². The van der Waals surface area contributed by atoms with Crippen molar-refractivity contribution < 1.29 is 0 Å². The summed E-state index contributed by atoms with van der Waals surface area (Å²) in [6, 6.07) is 3.99. The Kier molecular flexibility index (Phi) is 3.62. The summed E-state index contributed by atoms with van der Waals surface area (Å²) in [6.07, 6.45) is 10.8. The maximum atomic E-state index is 6.61. The quantitative estimate of drug-likeness (QED) is 0.849. The lowest BCUT2D eigenvalue weighted by Gasteiger charge is -2.25. The van der Waals surface area contributed by atoms with Crippen molar-refractivity contribution in [1.29, 1.82) is 0 Å². The predicted molar refractivity (Wildman–Crippen MR) is 78.9 cm³/mol. The van der Waals surface area contributed by atoms with Crippen molar-refractivity contribution in [2.24, 2.45) is 5.73 Å². The molecule has 2 aromatic heterocycles. The fraction of sp³-hybridized carbons (Fsp3) is 0.467. The molecule has 1 saturated carbocycles. The fourth-order valence-corrected chi connectivity index (χ4v) is 3.73. The summed E-state index contributed by atoms with van der Waals surface area (Å²) in [5.74, 6) is 0. The van der Waals surface area contributed by atoms with Gasteiger partial charge < -0.3 is 5.73 Å². The van der Waals surface area contributed by atoms with Gasteiger partial charge in [0.25, 0.3) is 0 Å². The molecule has 0 bridgehead atoms. The zero-order chi connectivity index (χ0) is 13.1. The lowest BCUT2D eigenvalue weighted by Crippen LogP contribution is -2.35. The van der Waals surface area contributed by atoms with Crippen LogP contribution in [-0.2, 0) is 5.54 Å². The van der Waals surface area contributed by atoms with Gasteiger partial charge in [-0.05, 0) is 25.0 Å². The van der Waals surface area contributed by atoms with Crippen LogP contribution >= 0.6 is 11.3 Å². The molecule has 0 unspecified atom stereocenters. The molecule has 3 nitrogen and oxygen atoms in total. The zero-order valence-electron chi connectivity index (χ0n) is 11.0. The minimum atomic E-state index is -0.202. The van der Waals surface area contributed by atoms with Crippen molar-refractivity contribution in [2.45, 2.75) is 44.1 Å². The van der Waals surface area contributed by atoms with Gasteiger partial charge in [-0.1, -0.05) is 25.7 Å². The number of nitrogens with zero attached hydrogens (tertiary/aromatic N) is 2. The van der Waals surface area contributed by atoms with Crippen LogP contribution in [0.2, 0.25) is 0 Å². The topological polar surface area (TPSA) is 51.8 Å². The third-order valence-corrected chi connectivity index (χ3v) is 4.96. The molecule has 1 aliphatic rings. The van der Waals surface area contributed by atoms with Crippen molar-refractivity contribution in [3.63, 3.8) is 0 Å². The number of pyridine rings is 1. The van der Waals surface area contributed by atoms with Gasteiger partial charge in [-0.3, -0.25) is 4.98 Å². The zero-order valence-corrected chi connectivity index (χ0v) is 11.8. The largest absolute Gasteiger partial charge is 0.319 e. The molecule has 1 fully saturated rings. The van der Waals surface area contributed by atoms with Gasteiger partial charge in [0.2, 0.25) is 0 Å². The molecule has 100 valence electrons. The first kappa shape index (κ1) is 12.8. The lowest BCUT2D eigenvalue weighted by molar-refractivity contribution is 0.384. The van der Waals surface area contributed by atoms with Crippen LogP contribution in [0.4, 0.5) is 0 Å². The standard InChI is InChI=1S/C15H19N3S/c16-15(7-3-1-2-4-8-15)14-18-13(11-19-14)12-5-9-17-10-6-12/h5-6,9-11H,1-4,7-8,16H2. The third-order valence-electron chi connectivity index (χ3n) is 3.90. The summed E-state index contributed by atoms with van der Waals surface area (Å²) < 4.78 is 0. The van der Waals surface area contributed by atoms with E-state index >= 15 is 0 Å². The van der Waals surface area contributed by atoms with Crippen molar-refractivity contribution in [1.82, 2.24) is 9.97 Å². The number of aromatic nitrogens is 2. The maximum Gasteiger partial charge on any atom is 0.113 e. The number of hydrogen-bond acceptors (Lipinski definition) is 4. The third kappa shape index (κ3) is 2.69. The predicted octanol–water partition coefficient (Wildman–Crippen LogP) is 3.71. The smallest absolute Gasteiger partial charge is 0.113 e. The minimum Gasteiger partial charge on any atom is -0.319 e. The molecule has 3 rings (SSSR count). The van der Waals surface area contributed by atoms with Crippen molar-refractivity contribution in [2.75, 3.05) is 0 Å². The Bertz CT molecular complexity index is 527. The Hall–Kier alpha value is -1.26. The van der Waals surface area contributed by atoms with Crippen molar-refractivity contribution >= 4 is 11.3 Å². The van der Waals surface area contributed by atoms with E-state index in [0.29, 0.717) is 0 Å². The number of nitrogens with two attached hydrogens (primary N) is 1. The van der Waals surface area contributed by atoms with E-state index in [0.717, 1.165) is 29.1 Å². The molecule has 0 amide bonds. The van der Waals surface area contributed by atoms with Gasteiger partial charge in [0.05, 0.1) is 11.2 Å². The number of hydrogen-bond donors (Lipinski definition) is 1. The van der Waals surface area contributed by atoms with Crippen LogP contribution in [0.15, 0.2) is 29.9 Å². The van der Waals surface area contributed by atoms with E-state index in [1.54, 1.807) is 23.7 Å². The summed E-state index contributed by atoms with van der Waals surface area (Å²) in [7, 11) is 0. The van der Waals surface area contributed by atoms with Crippen LogP contribution in [-0.4, -0.2) is 9.97 Å². The van der Waals surface area contributed by atoms with Crippen LogP contribution in [0, 0.1) is 0 Å². The molecule has 0 aromatic carbocycles. The Morgan fingerprint density at radius 2 is 1.74 bits per heavy atom. The Labute approximate surface area is 117 Å². The molecular formula is C15H19N3S. The summed E-state index contributed by atoms with van der Waals surface area (Å²) in [4.78, 5) is 8.83. The highest BCUT2D eigenvalue weighted by atomic mass is 32.1. The number of rotatable bonds is 2. The second kappa shape index (κ2) is 5.39. The van der Waals surface area contributed by atoms with E-state index in [4.69, 9.17) is 10.7 Å². The van der Waals surface area contributed by atoms with Gasteiger partial charge in [0.1, 0.15) is 5.01 Å². The average Bonchev–Trinajstić information content (AvgIpc) is 2.85. The summed E-state index contributed by atoms with van der Waals surface area (Å²) in [5, 5.41) is 3.21. The Morgan fingerprint density at radius 1 is 1.05 bits per heavy atom. The molecule has 0 aliphatic heterocycles. The van der Waals surface area contributed by atoms with E-state index in [1.165, 1.54) is 25.7 Å². The molecule has 0 atom stereocenters. The molecule has 19 heavy (non-hydrogen) atoms. The molecule has 2 aromatic rings. The van der Waals surface area contributed by atoms with E-state index in [-0.39, 0.29) is 5.54 Å². The fourth-order valence-electron chi connectivity index (χ4n) is 2.73. The normalized spacial score (nSPS) is 19.0. The van der Waals surface area contributed by atoms with Gasteiger partial charge in [-0.25, -0.2) is 4.98 Å². The maximum absolute atomic E-state index is 6.61. The van der Waals surface area contributed by atoms with E-state index < -0.39 is 0 Å². The minimum absolute atomic E-state index is 0.202. The highest BCUT2D eigenvalue weighted by Crippen LogP contribution is 2.36. The van der Waals surface area contributed by atoms with Crippen LogP contribution in [0.5, 0.6) is 0 Å². The van der Waals surface area contributed by atoms with E-state index in [2.05, 4.69) is 10.4 Å².